The second-order valence-electron chi connectivity index (χ2n) is 3.53. The molecule has 2 N–H and O–H groups in total. The van der Waals surface area contributed by atoms with Gasteiger partial charge in [0.1, 0.15) is 5.82 Å². The van der Waals surface area contributed by atoms with Gasteiger partial charge in [-0.3, -0.25) is 0 Å². The Morgan fingerprint density at radius 1 is 1.46 bits per heavy atom. The molecule has 1 fully saturated rings. The van der Waals surface area contributed by atoms with Crippen LogP contribution >= 0.6 is 11.6 Å². The second kappa shape index (κ2) is 3.28. The van der Waals surface area contributed by atoms with Crippen molar-refractivity contribution in [1.29, 1.82) is 0 Å². The number of benzene rings is 1. The van der Waals surface area contributed by atoms with Crippen LogP contribution in [0.15, 0.2) is 18.2 Å². The maximum atomic E-state index is 12.7. The van der Waals surface area contributed by atoms with Gasteiger partial charge < -0.3 is 5.73 Å². The van der Waals surface area contributed by atoms with Crippen LogP contribution in [0.2, 0.25) is 5.02 Å². The minimum atomic E-state index is -0.309. The highest BCUT2D eigenvalue weighted by Gasteiger charge is 2.30. The number of halogens is 2. The summed E-state index contributed by atoms with van der Waals surface area (Å²) in [5.74, 6) is 0.236. The highest BCUT2D eigenvalue weighted by atomic mass is 35.5. The summed E-state index contributed by atoms with van der Waals surface area (Å²) in [6.45, 7) is 0. The van der Waals surface area contributed by atoms with Crippen molar-refractivity contribution < 1.29 is 4.39 Å². The van der Waals surface area contributed by atoms with Gasteiger partial charge in [-0.2, -0.15) is 0 Å². The third-order valence-electron chi connectivity index (χ3n) is 2.45. The van der Waals surface area contributed by atoms with Crippen molar-refractivity contribution in [3.05, 3.63) is 34.6 Å². The maximum Gasteiger partial charge on any atom is 0.124 e. The molecule has 1 aliphatic rings. The van der Waals surface area contributed by atoms with Gasteiger partial charge >= 0.3 is 0 Å². The molecule has 0 amide bonds. The zero-order valence-corrected chi connectivity index (χ0v) is 7.89. The molecule has 0 heterocycles. The summed E-state index contributed by atoms with van der Waals surface area (Å²) in [7, 11) is 0. The van der Waals surface area contributed by atoms with Crippen LogP contribution in [0.3, 0.4) is 0 Å². The highest BCUT2D eigenvalue weighted by molar-refractivity contribution is 6.31. The molecule has 0 saturated heterocycles. The Labute approximate surface area is 81.7 Å². The van der Waals surface area contributed by atoms with E-state index in [1.807, 2.05) is 0 Å². The van der Waals surface area contributed by atoms with E-state index < -0.39 is 0 Å². The standard InChI is InChI=1S/C10H11ClFN/c11-9-5-7(12)3-4-8(9)10(13)6-1-2-6/h3-6,10H,1-2,13H2. The van der Waals surface area contributed by atoms with Crippen molar-refractivity contribution in [1.82, 2.24) is 0 Å². The molecule has 70 valence electrons. The third kappa shape index (κ3) is 1.84. The maximum absolute atomic E-state index is 12.7. The van der Waals surface area contributed by atoms with Gasteiger partial charge in [-0.25, -0.2) is 4.39 Å². The van der Waals surface area contributed by atoms with Gasteiger partial charge in [0.25, 0.3) is 0 Å². The molecule has 1 aromatic carbocycles. The molecule has 1 aliphatic carbocycles. The zero-order chi connectivity index (χ0) is 9.42. The van der Waals surface area contributed by atoms with Crippen molar-refractivity contribution in [2.75, 3.05) is 0 Å². The fraction of sp³-hybridized carbons (Fsp3) is 0.400. The molecule has 0 aromatic heterocycles. The van der Waals surface area contributed by atoms with Crippen LogP contribution < -0.4 is 5.73 Å². The zero-order valence-electron chi connectivity index (χ0n) is 7.13. The van der Waals surface area contributed by atoms with Crippen LogP contribution in [0.4, 0.5) is 4.39 Å². The third-order valence-corrected chi connectivity index (χ3v) is 2.78. The molecular weight excluding hydrogens is 189 g/mol. The summed E-state index contributed by atoms with van der Waals surface area (Å²) in [4.78, 5) is 0. The first-order valence-electron chi connectivity index (χ1n) is 4.39. The second-order valence-corrected chi connectivity index (χ2v) is 3.94. The summed E-state index contributed by atoms with van der Waals surface area (Å²) in [5.41, 5.74) is 6.81. The van der Waals surface area contributed by atoms with Crippen molar-refractivity contribution in [3.63, 3.8) is 0 Å². The van der Waals surface area contributed by atoms with Crippen LogP contribution in [-0.4, -0.2) is 0 Å². The quantitative estimate of drug-likeness (QED) is 0.779. The van der Waals surface area contributed by atoms with E-state index in [1.54, 1.807) is 6.07 Å². The number of rotatable bonds is 2. The lowest BCUT2D eigenvalue weighted by Crippen LogP contribution is -2.12. The van der Waals surface area contributed by atoms with E-state index in [0.29, 0.717) is 10.9 Å². The van der Waals surface area contributed by atoms with Gasteiger partial charge in [0.05, 0.1) is 0 Å². The van der Waals surface area contributed by atoms with Gasteiger partial charge in [0, 0.05) is 11.1 Å². The van der Waals surface area contributed by atoms with Crippen molar-refractivity contribution in [3.8, 4) is 0 Å². The number of hydrogen-bond donors (Lipinski definition) is 1. The minimum Gasteiger partial charge on any atom is -0.324 e. The Balaban J connectivity index is 2.28. The lowest BCUT2D eigenvalue weighted by atomic mass is 10.0. The van der Waals surface area contributed by atoms with Crippen molar-refractivity contribution >= 4 is 11.6 Å². The smallest absolute Gasteiger partial charge is 0.124 e. The van der Waals surface area contributed by atoms with E-state index >= 15 is 0 Å². The Hall–Kier alpha value is -0.600. The van der Waals surface area contributed by atoms with Gasteiger partial charge in [-0.05, 0) is 36.5 Å². The average molecular weight is 200 g/mol. The molecular formula is C10H11ClFN. The van der Waals surface area contributed by atoms with Crippen LogP contribution in [0.5, 0.6) is 0 Å². The van der Waals surface area contributed by atoms with Crippen molar-refractivity contribution in [2.45, 2.75) is 18.9 Å². The molecule has 3 heteroatoms. The van der Waals surface area contributed by atoms with E-state index in [4.69, 9.17) is 17.3 Å². The largest absolute Gasteiger partial charge is 0.324 e. The highest BCUT2D eigenvalue weighted by Crippen LogP contribution is 2.41. The molecule has 0 spiro atoms. The summed E-state index contributed by atoms with van der Waals surface area (Å²) >= 11 is 5.88. The van der Waals surface area contributed by atoms with E-state index in [0.717, 1.165) is 18.4 Å². The lowest BCUT2D eigenvalue weighted by molar-refractivity contribution is 0.613. The van der Waals surface area contributed by atoms with E-state index in [2.05, 4.69) is 0 Å². The van der Waals surface area contributed by atoms with E-state index in [1.165, 1.54) is 12.1 Å². The van der Waals surface area contributed by atoms with Gasteiger partial charge in [0.15, 0.2) is 0 Å². The first kappa shape index (κ1) is 8.97. The normalized spacial score (nSPS) is 18.7. The fourth-order valence-electron chi connectivity index (χ4n) is 1.48. The van der Waals surface area contributed by atoms with Crippen LogP contribution in [0, 0.1) is 11.7 Å². The molecule has 0 radical (unpaired) electrons. The molecule has 1 saturated carbocycles. The Morgan fingerprint density at radius 3 is 2.69 bits per heavy atom. The molecule has 1 aromatic rings. The van der Waals surface area contributed by atoms with Crippen LogP contribution in [0.1, 0.15) is 24.4 Å². The predicted molar refractivity (Wildman–Crippen MR) is 51.1 cm³/mol. The summed E-state index contributed by atoms with van der Waals surface area (Å²) in [5, 5.41) is 0.444. The molecule has 0 bridgehead atoms. The summed E-state index contributed by atoms with van der Waals surface area (Å²) in [6.07, 6.45) is 2.32. The van der Waals surface area contributed by atoms with Gasteiger partial charge in [0.2, 0.25) is 0 Å². The average Bonchev–Trinajstić information content (AvgIpc) is 2.85. The molecule has 1 atom stereocenters. The monoisotopic (exact) mass is 199 g/mol. The first-order valence-corrected chi connectivity index (χ1v) is 4.77. The van der Waals surface area contributed by atoms with E-state index in [-0.39, 0.29) is 11.9 Å². The number of nitrogens with two attached hydrogens (primary N) is 1. The van der Waals surface area contributed by atoms with Crippen molar-refractivity contribution in [2.24, 2.45) is 11.7 Å². The molecule has 0 aliphatic heterocycles. The van der Waals surface area contributed by atoms with Gasteiger partial charge in [-0.1, -0.05) is 17.7 Å². The molecule has 2 rings (SSSR count). The molecule has 13 heavy (non-hydrogen) atoms. The van der Waals surface area contributed by atoms with Crippen LogP contribution in [0.25, 0.3) is 0 Å². The minimum absolute atomic E-state index is 0.0203. The lowest BCUT2D eigenvalue weighted by Gasteiger charge is -2.12. The Morgan fingerprint density at radius 2 is 2.15 bits per heavy atom. The predicted octanol–water partition coefficient (Wildman–Crippen LogP) is 2.89. The van der Waals surface area contributed by atoms with E-state index in [9.17, 15) is 4.39 Å². The Bertz CT molecular complexity index is 323. The van der Waals surface area contributed by atoms with Crippen LogP contribution in [-0.2, 0) is 0 Å². The Kier molecular flexibility index (Phi) is 2.26. The molecule has 1 nitrogen and oxygen atoms in total. The summed E-state index contributed by atoms with van der Waals surface area (Å²) in [6, 6.07) is 4.39. The van der Waals surface area contributed by atoms with Gasteiger partial charge in [-0.15, -0.1) is 0 Å². The topological polar surface area (TPSA) is 26.0 Å². The first-order chi connectivity index (χ1) is 6.18. The number of hydrogen-bond acceptors (Lipinski definition) is 1. The fourth-order valence-corrected chi connectivity index (χ4v) is 1.77. The summed E-state index contributed by atoms with van der Waals surface area (Å²) < 4.78 is 12.7. The molecule has 1 unspecified atom stereocenters. The SMILES string of the molecule is NC(c1ccc(F)cc1Cl)C1CC1.